The van der Waals surface area contributed by atoms with E-state index in [4.69, 9.17) is 4.98 Å². The highest BCUT2D eigenvalue weighted by Gasteiger charge is 2.24. The van der Waals surface area contributed by atoms with Crippen LogP contribution in [0.1, 0.15) is 10.4 Å². The van der Waals surface area contributed by atoms with Gasteiger partial charge in [0.15, 0.2) is 0 Å². The average Bonchev–Trinajstić information content (AvgIpc) is 3.39. The molecule has 0 N–H and O–H groups in total. The summed E-state index contributed by atoms with van der Waals surface area (Å²) in [6.45, 7) is 2.62. The van der Waals surface area contributed by atoms with Crippen LogP contribution in [0.15, 0.2) is 72.8 Å². The highest BCUT2D eigenvalue weighted by atomic mass is 32.1. The second kappa shape index (κ2) is 8.61. The van der Waals surface area contributed by atoms with Gasteiger partial charge in [0, 0.05) is 62.7 Å². The fourth-order valence-electron chi connectivity index (χ4n) is 3.65. The van der Waals surface area contributed by atoms with Crippen LogP contribution in [0.5, 0.6) is 0 Å². The lowest BCUT2D eigenvalue weighted by Gasteiger charge is -2.35. The minimum Gasteiger partial charge on any atom is -0.337 e. The third kappa shape index (κ3) is 4.02. The molecule has 8 heteroatoms. The minimum atomic E-state index is 0.0148. The third-order valence-corrected chi connectivity index (χ3v) is 6.16. The summed E-state index contributed by atoms with van der Waals surface area (Å²) in [7, 11) is 0. The molecule has 5 heterocycles. The van der Waals surface area contributed by atoms with E-state index >= 15 is 0 Å². The van der Waals surface area contributed by atoms with Crippen molar-refractivity contribution < 1.29 is 4.79 Å². The summed E-state index contributed by atoms with van der Waals surface area (Å²) in [5.41, 5.74) is 3.56. The first-order valence-corrected chi connectivity index (χ1v) is 10.9. The molecule has 1 saturated heterocycles. The fraction of sp³-hybridized carbons (Fsp3) is 0.174. The quantitative estimate of drug-likeness (QED) is 0.494. The van der Waals surface area contributed by atoms with Gasteiger partial charge in [-0.25, -0.2) is 9.97 Å². The number of carbonyl (C=O) groups is 1. The van der Waals surface area contributed by atoms with Gasteiger partial charge in [-0.1, -0.05) is 6.07 Å². The van der Waals surface area contributed by atoms with Crippen molar-refractivity contribution in [2.45, 2.75) is 0 Å². The zero-order chi connectivity index (χ0) is 21.0. The predicted octanol–water partition coefficient (Wildman–Crippen LogP) is 3.62. The molecule has 7 nitrogen and oxygen atoms in total. The van der Waals surface area contributed by atoms with E-state index < -0.39 is 0 Å². The van der Waals surface area contributed by atoms with Gasteiger partial charge in [-0.3, -0.25) is 14.8 Å². The number of thiophene rings is 1. The highest BCUT2D eigenvalue weighted by molar-refractivity contribution is 7.13. The first-order valence-electron chi connectivity index (χ1n) is 10.0. The lowest BCUT2D eigenvalue weighted by molar-refractivity contribution is 0.0746. The maximum Gasteiger partial charge on any atom is 0.255 e. The molecule has 4 aromatic heterocycles. The molecular weight excluding hydrogens is 408 g/mol. The number of nitrogens with zero attached hydrogens (tertiary/aromatic N) is 6. The lowest BCUT2D eigenvalue weighted by Crippen LogP contribution is -2.49. The van der Waals surface area contributed by atoms with E-state index in [1.54, 1.807) is 48.3 Å². The SMILES string of the molecule is O=C(c1cccnc1)N1CCN(c2ncc(-c3ccncc3)c(-c3cccs3)n2)CC1. The molecule has 1 aliphatic rings. The molecule has 31 heavy (non-hydrogen) atoms. The topological polar surface area (TPSA) is 75.1 Å². The normalized spacial score (nSPS) is 13.9. The van der Waals surface area contributed by atoms with Crippen LogP contribution in [0.25, 0.3) is 21.7 Å². The van der Waals surface area contributed by atoms with E-state index in [0.717, 1.165) is 21.7 Å². The van der Waals surface area contributed by atoms with Gasteiger partial charge in [-0.15, -0.1) is 11.3 Å². The van der Waals surface area contributed by atoms with E-state index in [1.165, 1.54) is 0 Å². The molecule has 0 saturated carbocycles. The molecule has 0 unspecified atom stereocenters. The van der Waals surface area contributed by atoms with Crippen molar-refractivity contribution in [1.29, 1.82) is 0 Å². The number of pyridine rings is 2. The molecule has 0 atom stereocenters. The van der Waals surface area contributed by atoms with Gasteiger partial charge in [0.25, 0.3) is 5.91 Å². The van der Waals surface area contributed by atoms with Crippen LogP contribution in [0.4, 0.5) is 5.95 Å². The monoisotopic (exact) mass is 428 g/mol. The molecule has 0 bridgehead atoms. The van der Waals surface area contributed by atoms with Crippen LogP contribution < -0.4 is 4.90 Å². The first kappa shape index (κ1) is 19.3. The molecule has 0 aliphatic carbocycles. The number of hydrogen-bond donors (Lipinski definition) is 0. The molecule has 154 valence electrons. The van der Waals surface area contributed by atoms with E-state index in [9.17, 15) is 4.79 Å². The Morgan fingerprint density at radius 3 is 2.45 bits per heavy atom. The standard InChI is InChI=1S/C23H20N6OS/c30-22(18-3-1-7-25-15-18)28-10-12-29(13-11-28)23-26-16-19(17-5-8-24-9-6-17)21(27-23)20-4-2-14-31-20/h1-9,14-16H,10-13H2. The zero-order valence-corrected chi connectivity index (χ0v) is 17.6. The van der Waals surface area contributed by atoms with Gasteiger partial charge in [0.2, 0.25) is 5.95 Å². The number of piperazine rings is 1. The molecular formula is C23H20N6OS. The molecule has 5 rings (SSSR count). The van der Waals surface area contributed by atoms with Gasteiger partial charge in [-0.2, -0.15) is 0 Å². The number of rotatable bonds is 4. The second-order valence-corrected chi connectivity index (χ2v) is 8.11. The molecule has 1 amide bonds. The van der Waals surface area contributed by atoms with Crippen molar-refractivity contribution in [2.24, 2.45) is 0 Å². The Labute approximate surface area is 184 Å². The van der Waals surface area contributed by atoms with Crippen molar-refractivity contribution in [2.75, 3.05) is 31.1 Å². The van der Waals surface area contributed by atoms with E-state index in [0.29, 0.717) is 37.7 Å². The lowest BCUT2D eigenvalue weighted by atomic mass is 10.1. The van der Waals surface area contributed by atoms with Gasteiger partial charge in [-0.05, 0) is 41.3 Å². The summed E-state index contributed by atoms with van der Waals surface area (Å²) < 4.78 is 0. The maximum atomic E-state index is 12.7. The van der Waals surface area contributed by atoms with Crippen LogP contribution in [-0.2, 0) is 0 Å². The first-order chi connectivity index (χ1) is 15.3. The van der Waals surface area contributed by atoms with E-state index in [1.807, 2.05) is 29.3 Å². The van der Waals surface area contributed by atoms with Crippen molar-refractivity contribution >= 4 is 23.2 Å². The third-order valence-electron chi connectivity index (χ3n) is 5.28. The van der Waals surface area contributed by atoms with Gasteiger partial charge < -0.3 is 9.80 Å². The summed E-state index contributed by atoms with van der Waals surface area (Å²) in [6.07, 6.45) is 8.73. The van der Waals surface area contributed by atoms with Crippen molar-refractivity contribution in [3.63, 3.8) is 0 Å². The Kier molecular flexibility index (Phi) is 5.37. The fourth-order valence-corrected chi connectivity index (χ4v) is 4.38. The Morgan fingerprint density at radius 2 is 1.74 bits per heavy atom. The van der Waals surface area contributed by atoms with Crippen molar-refractivity contribution in [3.05, 3.63) is 78.3 Å². The van der Waals surface area contributed by atoms with E-state index in [2.05, 4.69) is 31.3 Å². The Hall–Kier alpha value is -3.65. The van der Waals surface area contributed by atoms with Crippen LogP contribution in [0.2, 0.25) is 0 Å². The Balaban J connectivity index is 1.38. The Morgan fingerprint density at radius 1 is 0.903 bits per heavy atom. The Bertz CT molecular complexity index is 1160. The molecule has 4 aromatic rings. The molecule has 0 spiro atoms. The molecule has 0 radical (unpaired) electrons. The van der Waals surface area contributed by atoms with Gasteiger partial charge in [0.1, 0.15) is 0 Å². The largest absolute Gasteiger partial charge is 0.337 e. The number of anilines is 1. The number of hydrogen-bond acceptors (Lipinski definition) is 7. The van der Waals surface area contributed by atoms with Crippen LogP contribution in [0.3, 0.4) is 0 Å². The number of aromatic nitrogens is 4. The minimum absolute atomic E-state index is 0.0148. The van der Waals surface area contributed by atoms with Crippen LogP contribution in [0, 0.1) is 0 Å². The van der Waals surface area contributed by atoms with Crippen LogP contribution in [-0.4, -0.2) is 56.9 Å². The smallest absolute Gasteiger partial charge is 0.255 e. The molecule has 0 aromatic carbocycles. The van der Waals surface area contributed by atoms with Crippen molar-refractivity contribution in [1.82, 2.24) is 24.8 Å². The second-order valence-electron chi connectivity index (χ2n) is 7.17. The average molecular weight is 429 g/mol. The number of carbonyl (C=O) groups excluding carboxylic acids is 1. The van der Waals surface area contributed by atoms with E-state index in [-0.39, 0.29) is 5.91 Å². The summed E-state index contributed by atoms with van der Waals surface area (Å²) in [4.78, 5) is 35.5. The summed E-state index contributed by atoms with van der Waals surface area (Å²) in [6, 6.07) is 11.6. The van der Waals surface area contributed by atoms with Crippen molar-refractivity contribution in [3.8, 4) is 21.7 Å². The highest BCUT2D eigenvalue weighted by Crippen LogP contribution is 2.33. The molecule has 1 aliphatic heterocycles. The maximum absolute atomic E-state index is 12.7. The predicted molar refractivity (Wildman–Crippen MR) is 121 cm³/mol. The summed E-state index contributed by atoms with van der Waals surface area (Å²) >= 11 is 1.66. The number of amides is 1. The van der Waals surface area contributed by atoms with Gasteiger partial charge >= 0.3 is 0 Å². The van der Waals surface area contributed by atoms with Gasteiger partial charge in [0.05, 0.1) is 16.1 Å². The molecule has 1 fully saturated rings. The van der Waals surface area contributed by atoms with Crippen LogP contribution >= 0.6 is 11.3 Å². The zero-order valence-electron chi connectivity index (χ0n) is 16.8. The summed E-state index contributed by atoms with van der Waals surface area (Å²) in [5.74, 6) is 0.704. The summed E-state index contributed by atoms with van der Waals surface area (Å²) in [5, 5.41) is 2.05.